The summed E-state index contributed by atoms with van der Waals surface area (Å²) in [4.78, 5) is 14.1. The molecule has 0 atom stereocenters. The minimum Gasteiger partial charge on any atom is -0.396 e. The zero-order valence-electron chi connectivity index (χ0n) is 13.4. The molecule has 23 heavy (non-hydrogen) atoms. The summed E-state index contributed by atoms with van der Waals surface area (Å²) in [5, 5.41) is 20.3. The van der Waals surface area contributed by atoms with Gasteiger partial charge in [0.25, 0.3) is 0 Å². The molecule has 2 aromatic heterocycles. The highest BCUT2D eigenvalue weighted by Crippen LogP contribution is 2.26. The van der Waals surface area contributed by atoms with E-state index in [9.17, 15) is 9.90 Å². The van der Waals surface area contributed by atoms with E-state index in [2.05, 4.69) is 15.5 Å². The molecule has 124 valence electrons. The number of hydrogen-bond donors (Lipinski definition) is 2. The van der Waals surface area contributed by atoms with Crippen LogP contribution < -0.4 is 5.32 Å². The quantitative estimate of drug-likeness (QED) is 0.893. The van der Waals surface area contributed by atoms with Crippen molar-refractivity contribution in [2.24, 2.45) is 5.92 Å². The normalized spacial score (nSPS) is 21.3. The molecule has 0 aliphatic heterocycles. The molecule has 0 bridgehead atoms. The van der Waals surface area contributed by atoms with Crippen molar-refractivity contribution in [1.29, 1.82) is 0 Å². The van der Waals surface area contributed by atoms with Crippen LogP contribution in [0.4, 0.5) is 4.79 Å². The van der Waals surface area contributed by atoms with E-state index in [1.54, 1.807) is 4.90 Å². The molecule has 1 saturated carbocycles. The highest BCUT2D eigenvalue weighted by molar-refractivity contribution is 5.74. The fourth-order valence-electron chi connectivity index (χ4n) is 3.17. The van der Waals surface area contributed by atoms with Crippen LogP contribution in [0.1, 0.15) is 31.5 Å². The summed E-state index contributed by atoms with van der Waals surface area (Å²) >= 11 is 0. The monoisotopic (exact) mass is 317 g/mol. The van der Waals surface area contributed by atoms with Gasteiger partial charge < -0.3 is 15.3 Å². The molecular formula is C16H23N5O2. The van der Waals surface area contributed by atoms with Crippen molar-refractivity contribution < 1.29 is 9.90 Å². The minimum atomic E-state index is -0.0925. The molecule has 0 spiro atoms. The van der Waals surface area contributed by atoms with Crippen LogP contribution in [0.5, 0.6) is 0 Å². The Labute approximate surface area is 135 Å². The van der Waals surface area contributed by atoms with Crippen molar-refractivity contribution in [1.82, 2.24) is 24.8 Å². The summed E-state index contributed by atoms with van der Waals surface area (Å²) in [6.45, 7) is 0.600. The summed E-state index contributed by atoms with van der Waals surface area (Å²) in [5.41, 5.74) is 0.771. The Morgan fingerprint density at radius 3 is 2.87 bits per heavy atom. The Bertz CT molecular complexity index is 663. The van der Waals surface area contributed by atoms with Crippen molar-refractivity contribution in [2.75, 3.05) is 13.7 Å². The van der Waals surface area contributed by atoms with E-state index >= 15 is 0 Å². The zero-order chi connectivity index (χ0) is 16.2. The number of carbonyl (C=O) groups excluding carboxylic acids is 1. The van der Waals surface area contributed by atoms with E-state index in [1.165, 1.54) is 0 Å². The number of aliphatic hydroxyl groups excluding tert-OH is 1. The maximum atomic E-state index is 12.3. The van der Waals surface area contributed by atoms with Crippen molar-refractivity contribution in [2.45, 2.75) is 38.3 Å². The molecule has 7 heteroatoms. The molecule has 0 aromatic carbocycles. The van der Waals surface area contributed by atoms with Gasteiger partial charge in [-0.2, -0.15) is 0 Å². The predicted octanol–water partition coefficient (Wildman–Crippen LogP) is 1.42. The summed E-state index contributed by atoms with van der Waals surface area (Å²) in [6.07, 6.45) is 5.74. The highest BCUT2D eigenvalue weighted by atomic mass is 16.3. The number of fused-ring (bicyclic) bond motifs is 1. The van der Waals surface area contributed by atoms with Gasteiger partial charge in [0.1, 0.15) is 0 Å². The standard InChI is InChI=1S/C16H23N5O2/c1-20(13-7-5-12(11-22)6-8-13)16(23)17-10-15-19-18-14-4-2-3-9-21(14)15/h2-4,9,12-13,22H,5-8,10-11H2,1H3,(H,17,23). The van der Waals surface area contributed by atoms with Gasteiger partial charge in [-0.15, -0.1) is 10.2 Å². The third-order valence-corrected chi connectivity index (χ3v) is 4.72. The predicted molar refractivity (Wildman–Crippen MR) is 85.8 cm³/mol. The molecule has 2 aromatic rings. The lowest BCUT2D eigenvalue weighted by Gasteiger charge is -2.34. The molecular weight excluding hydrogens is 294 g/mol. The van der Waals surface area contributed by atoms with Crippen LogP contribution in [0.3, 0.4) is 0 Å². The number of aliphatic hydroxyl groups is 1. The Morgan fingerprint density at radius 2 is 2.13 bits per heavy atom. The first-order valence-corrected chi connectivity index (χ1v) is 8.09. The first-order chi connectivity index (χ1) is 11.2. The number of nitrogens with zero attached hydrogens (tertiary/aromatic N) is 4. The lowest BCUT2D eigenvalue weighted by molar-refractivity contribution is 0.134. The molecule has 2 N–H and O–H groups in total. The molecule has 7 nitrogen and oxygen atoms in total. The molecule has 0 saturated heterocycles. The van der Waals surface area contributed by atoms with E-state index in [-0.39, 0.29) is 18.7 Å². The number of carbonyl (C=O) groups is 1. The number of nitrogens with one attached hydrogen (secondary N) is 1. The van der Waals surface area contributed by atoms with Crippen LogP contribution in [-0.4, -0.2) is 50.3 Å². The van der Waals surface area contributed by atoms with E-state index in [1.807, 2.05) is 35.8 Å². The summed E-state index contributed by atoms with van der Waals surface area (Å²) in [6, 6.07) is 5.85. The molecule has 2 heterocycles. The first-order valence-electron chi connectivity index (χ1n) is 8.09. The SMILES string of the molecule is CN(C(=O)NCc1nnc2ccccn12)C1CCC(CO)CC1. The zero-order valence-corrected chi connectivity index (χ0v) is 13.4. The van der Waals surface area contributed by atoms with Gasteiger partial charge in [0, 0.05) is 25.9 Å². The second-order valence-electron chi connectivity index (χ2n) is 6.17. The summed E-state index contributed by atoms with van der Waals surface area (Å²) in [5.74, 6) is 1.11. The van der Waals surface area contributed by atoms with Gasteiger partial charge in [-0.25, -0.2) is 4.79 Å². The van der Waals surface area contributed by atoms with Gasteiger partial charge in [-0.3, -0.25) is 4.40 Å². The number of urea groups is 1. The van der Waals surface area contributed by atoms with E-state index in [4.69, 9.17) is 0 Å². The van der Waals surface area contributed by atoms with Gasteiger partial charge in [-0.05, 0) is 43.7 Å². The van der Waals surface area contributed by atoms with E-state index in [0.717, 1.165) is 31.3 Å². The van der Waals surface area contributed by atoms with E-state index in [0.29, 0.717) is 18.3 Å². The molecule has 1 aliphatic rings. The Hall–Kier alpha value is -2.15. The topological polar surface area (TPSA) is 82.8 Å². The second kappa shape index (κ2) is 6.95. The van der Waals surface area contributed by atoms with E-state index < -0.39 is 0 Å². The highest BCUT2D eigenvalue weighted by Gasteiger charge is 2.26. The van der Waals surface area contributed by atoms with Gasteiger partial charge in [0.2, 0.25) is 0 Å². The summed E-state index contributed by atoms with van der Waals surface area (Å²) in [7, 11) is 1.83. The van der Waals surface area contributed by atoms with Gasteiger partial charge in [-0.1, -0.05) is 6.07 Å². The van der Waals surface area contributed by atoms with Gasteiger partial charge in [0.05, 0.1) is 6.54 Å². The van der Waals surface area contributed by atoms with Crippen molar-refractivity contribution in [3.05, 3.63) is 30.2 Å². The fourth-order valence-corrected chi connectivity index (χ4v) is 3.17. The molecule has 1 fully saturated rings. The molecule has 0 radical (unpaired) electrons. The first kappa shape index (κ1) is 15.7. The number of pyridine rings is 1. The smallest absolute Gasteiger partial charge is 0.317 e. The third kappa shape index (κ3) is 3.44. The van der Waals surface area contributed by atoms with Crippen molar-refractivity contribution in [3.63, 3.8) is 0 Å². The average Bonchev–Trinajstić information content (AvgIpc) is 3.02. The summed E-state index contributed by atoms with van der Waals surface area (Å²) < 4.78 is 1.87. The van der Waals surface area contributed by atoms with Crippen LogP contribution in [0.15, 0.2) is 24.4 Å². The number of hydrogen-bond acceptors (Lipinski definition) is 4. The van der Waals surface area contributed by atoms with Gasteiger partial charge >= 0.3 is 6.03 Å². The van der Waals surface area contributed by atoms with Crippen LogP contribution >= 0.6 is 0 Å². The second-order valence-corrected chi connectivity index (χ2v) is 6.17. The van der Waals surface area contributed by atoms with Crippen molar-refractivity contribution in [3.8, 4) is 0 Å². The van der Waals surface area contributed by atoms with Crippen molar-refractivity contribution >= 4 is 11.7 Å². The molecule has 0 unspecified atom stereocenters. The fraction of sp³-hybridized carbons (Fsp3) is 0.562. The van der Waals surface area contributed by atoms with Crippen LogP contribution in [-0.2, 0) is 6.54 Å². The Morgan fingerprint density at radius 1 is 1.35 bits per heavy atom. The average molecular weight is 317 g/mol. The molecule has 2 amide bonds. The Balaban J connectivity index is 1.55. The maximum Gasteiger partial charge on any atom is 0.317 e. The number of aromatic nitrogens is 3. The van der Waals surface area contributed by atoms with Crippen LogP contribution in [0.25, 0.3) is 5.65 Å². The molecule has 1 aliphatic carbocycles. The molecule has 3 rings (SSSR count). The largest absolute Gasteiger partial charge is 0.396 e. The van der Waals surface area contributed by atoms with Crippen LogP contribution in [0.2, 0.25) is 0 Å². The third-order valence-electron chi connectivity index (χ3n) is 4.72. The van der Waals surface area contributed by atoms with Gasteiger partial charge in [0.15, 0.2) is 11.5 Å². The Kier molecular flexibility index (Phi) is 4.76. The van der Waals surface area contributed by atoms with Crippen LogP contribution in [0, 0.1) is 5.92 Å². The maximum absolute atomic E-state index is 12.3. The lowest BCUT2D eigenvalue weighted by atomic mass is 9.86. The number of amides is 2. The number of rotatable bonds is 4. The minimum absolute atomic E-state index is 0.0925. The lowest BCUT2D eigenvalue weighted by Crippen LogP contribution is -2.45.